The second-order valence-electron chi connectivity index (χ2n) is 4.81. The van der Waals surface area contributed by atoms with Gasteiger partial charge in [0.2, 0.25) is 0 Å². The van der Waals surface area contributed by atoms with E-state index in [0.29, 0.717) is 17.6 Å². The highest BCUT2D eigenvalue weighted by Crippen LogP contribution is 2.23. The average Bonchev–Trinajstić information content (AvgIpc) is 2.13. The number of ketones is 1. The van der Waals surface area contributed by atoms with Gasteiger partial charge in [-0.2, -0.15) is 0 Å². The molecule has 14 heavy (non-hydrogen) atoms. The maximum Gasteiger partial charge on any atom is 0.132 e. The van der Waals surface area contributed by atoms with Crippen LogP contribution in [0.3, 0.4) is 0 Å². The molecule has 0 saturated carbocycles. The molecule has 1 heteroatoms. The minimum atomic E-state index is 0.300. The second-order valence-corrected chi connectivity index (χ2v) is 4.81. The van der Waals surface area contributed by atoms with Crippen molar-refractivity contribution >= 4 is 5.78 Å². The molecule has 0 aliphatic rings. The molecule has 0 heterocycles. The highest BCUT2D eigenvalue weighted by Gasteiger charge is 2.16. The smallest absolute Gasteiger partial charge is 0.132 e. The van der Waals surface area contributed by atoms with Gasteiger partial charge in [0.05, 0.1) is 0 Å². The van der Waals surface area contributed by atoms with Crippen LogP contribution in [0.15, 0.2) is 0 Å². The first-order valence-electron chi connectivity index (χ1n) is 6.01. The number of rotatable bonds is 7. The molecule has 84 valence electrons. The van der Waals surface area contributed by atoms with Crippen LogP contribution in [-0.2, 0) is 4.79 Å². The minimum Gasteiger partial charge on any atom is -0.300 e. The van der Waals surface area contributed by atoms with Gasteiger partial charge >= 0.3 is 0 Å². The van der Waals surface area contributed by atoms with E-state index in [1.54, 1.807) is 6.92 Å². The van der Waals surface area contributed by atoms with Crippen LogP contribution in [0.2, 0.25) is 0 Å². The van der Waals surface area contributed by atoms with Crippen molar-refractivity contribution in [3.63, 3.8) is 0 Å². The Morgan fingerprint density at radius 3 is 1.93 bits per heavy atom. The summed E-state index contributed by atoms with van der Waals surface area (Å²) in [6.07, 6.45) is 4.60. The van der Waals surface area contributed by atoms with E-state index in [1.165, 1.54) is 12.8 Å². The van der Waals surface area contributed by atoms with Crippen LogP contribution in [0.5, 0.6) is 0 Å². The molecule has 0 aliphatic heterocycles. The summed E-state index contributed by atoms with van der Waals surface area (Å²) < 4.78 is 0. The zero-order valence-electron chi connectivity index (χ0n) is 10.5. The maximum atomic E-state index is 11.3. The Morgan fingerprint density at radius 1 is 1.00 bits per heavy atom. The molecule has 0 bridgehead atoms. The summed E-state index contributed by atoms with van der Waals surface area (Å²) in [6.45, 7) is 10.6. The summed E-state index contributed by atoms with van der Waals surface area (Å²) in [6, 6.07) is 0. The first-order chi connectivity index (χ1) is 6.51. The number of hydrogen-bond donors (Lipinski definition) is 0. The molecular weight excluding hydrogens is 172 g/mol. The summed E-state index contributed by atoms with van der Waals surface area (Å²) in [5, 5.41) is 0. The SMILES string of the molecule is CCC(C)CC(C)CC(CC)C(C)=O. The molecule has 0 saturated heterocycles. The Labute approximate surface area is 89.3 Å². The van der Waals surface area contributed by atoms with Gasteiger partial charge in [-0.3, -0.25) is 4.79 Å². The zero-order valence-corrected chi connectivity index (χ0v) is 10.5. The fraction of sp³-hybridized carbons (Fsp3) is 0.923. The van der Waals surface area contributed by atoms with E-state index in [1.807, 2.05) is 0 Å². The summed E-state index contributed by atoms with van der Waals surface area (Å²) in [7, 11) is 0. The maximum absolute atomic E-state index is 11.3. The van der Waals surface area contributed by atoms with E-state index >= 15 is 0 Å². The Kier molecular flexibility index (Phi) is 6.86. The molecular formula is C13H26O. The number of hydrogen-bond acceptors (Lipinski definition) is 1. The zero-order chi connectivity index (χ0) is 11.1. The largest absolute Gasteiger partial charge is 0.300 e. The van der Waals surface area contributed by atoms with Crippen molar-refractivity contribution in [1.82, 2.24) is 0 Å². The van der Waals surface area contributed by atoms with Crippen LogP contribution in [-0.4, -0.2) is 5.78 Å². The van der Waals surface area contributed by atoms with E-state index in [2.05, 4.69) is 27.7 Å². The summed E-state index contributed by atoms with van der Waals surface area (Å²) in [5.74, 6) is 2.16. The summed E-state index contributed by atoms with van der Waals surface area (Å²) in [5.41, 5.74) is 0. The van der Waals surface area contributed by atoms with E-state index in [4.69, 9.17) is 0 Å². The van der Waals surface area contributed by atoms with Gasteiger partial charge < -0.3 is 0 Å². The molecule has 0 aliphatic carbocycles. The Bertz CT molecular complexity index is 163. The number of Topliss-reactive ketones (excluding diaryl/α,β-unsaturated/α-hetero) is 1. The predicted octanol–water partition coefficient (Wildman–Crippen LogP) is 4.06. The van der Waals surface area contributed by atoms with Crippen molar-refractivity contribution in [2.75, 3.05) is 0 Å². The van der Waals surface area contributed by atoms with Crippen molar-refractivity contribution in [3.8, 4) is 0 Å². The fourth-order valence-corrected chi connectivity index (χ4v) is 2.06. The molecule has 0 N–H and O–H groups in total. The van der Waals surface area contributed by atoms with Crippen molar-refractivity contribution < 1.29 is 4.79 Å². The third kappa shape index (κ3) is 5.41. The monoisotopic (exact) mass is 198 g/mol. The fourth-order valence-electron chi connectivity index (χ4n) is 2.06. The van der Waals surface area contributed by atoms with E-state index < -0.39 is 0 Å². The van der Waals surface area contributed by atoms with E-state index in [9.17, 15) is 4.79 Å². The molecule has 0 aromatic carbocycles. The van der Waals surface area contributed by atoms with Crippen LogP contribution < -0.4 is 0 Å². The third-order valence-corrected chi connectivity index (χ3v) is 3.26. The van der Waals surface area contributed by atoms with Gasteiger partial charge in [0.15, 0.2) is 0 Å². The van der Waals surface area contributed by atoms with Crippen LogP contribution in [0.1, 0.15) is 60.3 Å². The lowest BCUT2D eigenvalue weighted by atomic mass is 9.85. The van der Waals surface area contributed by atoms with Gasteiger partial charge in [-0.1, -0.05) is 34.1 Å². The van der Waals surface area contributed by atoms with Gasteiger partial charge in [-0.25, -0.2) is 0 Å². The normalized spacial score (nSPS) is 17.5. The lowest BCUT2D eigenvalue weighted by Crippen LogP contribution is -2.15. The molecule has 0 spiro atoms. The standard InChI is InChI=1S/C13H26O/c1-6-10(3)8-11(4)9-13(7-2)12(5)14/h10-11,13H,6-9H2,1-5H3. The van der Waals surface area contributed by atoms with E-state index in [-0.39, 0.29) is 0 Å². The van der Waals surface area contributed by atoms with Crippen LogP contribution in [0, 0.1) is 17.8 Å². The predicted molar refractivity (Wildman–Crippen MR) is 62.3 cm³/mol. The molecule has 3 atom stereocenters. The number of carbonyl (C=O) groups excluding carboxylic acids is 1. The van der Waals surface area contributed by atoms with Crippen molar-refractivity contribution in [2.24, 2.45) is 17.8 Å². The average molecular weight is 198 g/mol. The lowest BCUT2D eigenvalue weighted by Gasteiger charge is -2.19. The van der Waals surface area contributed by atoms with Gasteiger partial charge in [-0.15, -0.1) is 0 Å². The first kappa shape index (κ1) is 13.7. The van der Waals surface area contributed by atoms with Gasteiger partial charge in [0, 0.05) is 5.92 Å². The molecule has 0 amide bonds. The molecule has 0 aromatic rings. The van der Waals surface area contributed by atoms with Crippen molar-refractivity contribution in [2.45, 2.75) is 60.3 Å². The Hall–Kier alpha value is -0.330. The molecule has 0 radical (unpaired) electrons. The molecule has 0 fully saturated rings. The highest BCUT2D eigenvalue weighted by atomic mass is 16.1. The van der Waals surface area contributed by atoms with Crippen molar-refractivity contribution in [3.05, 3.63) is 0 Å². The molecule has 3 unspecified atom stereocenters. The van der Waals surface area contributed by atoms with Gasteiger partial charge in [0.1, 0.15) is 5.78 Å². The van der Waals surface area contributed by atoms with E-state index in [0.717, 1.165) is 18.8 Å². The topological polar surface area (TPSA) is 17.1 Å². The van der Waals surface area contributed by atoms with Gasteiger partial charge in [0.25, 0.3) is 0 Å². The lowest BCUT2D eigenvalue weighted by molar-refractivity contribution is -0.121. The number of carbonyl (C=O) groups is 1. The molecule has 0 rings (SSSR count). The van der Waals surface area contributed by atoms with Crippen molar-refractivity contribution in [1.29, 1.82) is 0 Å². The quantitative estimate of drug-likeness (QED) is 0.603. The van der Waals surface area contributed by atoms with Gasteiger partial charge in [-0.05, 0) is 38.0 Å². The van der Waals surface area contributed by atoms with Crippen LogP contribution in [0.25, 0.3) is 0 Å². The summed E-state index contributed by atoms with van der Waals surface area (Å²) in [4.78, 5) is 11.3. The van der Waals surface area contributed by atoms with Crippen LogP contribution >= 0.6 is 0 Å². The minimum absolute atomic E-state index is 0.300. The highest BCUT2D eigenvalue weighted by molar-refractivity contribution is 5.78. The molecule has 0 aromatic heterocycles. The Balaban J connectivity index is 3.90. The Morgan fingerprint density at radius 2 is 1.57 bits per heavy atom. The third-order valence-electron chi connectivity index (χ3n) is 3.26. The molecule has 1 nitrogen and oxygen atoms in total. The second kappa shape index (κ2) is 7.03. The first-order valence-corrected chi connectivity index (χ1v) is 6.01. The van der Waals surface area contributed by atoms with Crippen LogP contribution in [0.4, 0.5) is 0 Å². The summed E-state index contributed by atoms with van der Waals surface area (Å²) >= 11 is 0.